The van der Waals surface area contributed by atoms with Gasteiger partial charge >= 0.3 is 0 Å². The fourth-order valence-corrected chi connectivity index (χ4v) is 1.38. The van der Waals surface area contributed by atoms with Crippen LogP contribution in [0.25, 0.3) is 0 Å². The third-order valence-electron chi connectivity index (χ3n) is 2.10. The van der Waals surface area contributed by atoms with Gasteiger partial charge in [0.05, 0.1) is 0 Å². The molecule has 1 rings (SSSR count). The predicted molar refractivity (Wildman–Crippen MR) is 59.2 cm³/mol. The van der Waals surface area contributed by atoms with E-state index in [-0.39, 0.29) is 0 Å². The van der Waals surface area contributed by atoms with E-state index in [1.54, 1.807) is 0 Å². The molecule has 70 valence electrons. The molecule has 0 aliphatic carbocycles. The average Bonchev–Trinajstić information content (AvgIpc) is 2.15. The molecule has 0 atom stereocenters. The van der Waals surface area contributed by atoms with E-state index in [0.29, 0.717) is 0 Å². The second-order valence-corrected chi connectivity index (χ2v) is 3.18. The van der Waals surface area contributed by atoms with Gasteiger partial charge in [-0.1, -0.05) is 29.8 Å². The third kappa shape index (κ3) is 2.62. The monoisotopic (exact) mass is 175 g/mol. The van der Waals surface area contributed by atoms with Gasteiger partial charge in [-0.25, -0.2) is 0 Å². The Morgan fingerprint density at radius 1 is 1.38 bits per heavy atom. The summed E-state index contributed by atoms with van der Waals surface area (Å²) in [5.41, 5.74) is 3.91. The van der Waals surface area contributed by atoms with Gasteiger partial charge in [-0.15, -0.1) is 0 Å². The van der Waals surface area contributed by atoms with Crippen LogP contribution < -0.4 is 5.32 Å². The Balaban J connectivity index is 2.94. The van der Waals surface area contributed by atoms with Crippen LogP contribution in [0.15, 0.2) is 30.4 Å². The van der Waals surface area contributed by atoms with Crippen LogP contribution in [0.3, 0.4) is 0 Å². The van der Waals surface area contributed by atoms with Gasteiger partial charge in [-0.05, 0) is 31.9 Å². The Kier molecular flexibility index (Phi) is 3.56. The van der Waals surface area contributed by atoms with Crippen molar-refractivity contribution in [3.63, 3.8) is 0 Å². The van der Waals surface area contributed by atoms with Crippen LogP contribution in [0.5, 0.6) is 0 Å². The lowest BCUT2D eigenvalue weighted by Crippen LogP contribution is -1.94. The lowest BCUT2D eigenvalue weighted by Gasteiger charge is -2.07. The lowest BCUT2D eigenvalue weighted by molar-refractivity contribution is 1.23. The molecule has 0 bridgehead atoms. The standard InChI is InChI=1S/C12H17N/c1-4-5-6-11-9-10(2)7-8-12(11)13-3/h4-5,7-9,13H,6H2,1-3H3/b5-4+. The molecule has 0 saturated heterocycles. The van der Waals surface area contributed by atoms with Crippen LogP contribution >= 0.6 is 0 Å². The molecule has 1 heteroatoms. The van der Waals surface area contributed by atoms with Gasteiger partial charge in [0, 0.05) is 12.7 Å². The molecule has 0 amide bonds. The average molecular weight is 175 g/mol. The summed E-state index contributed by atoms with van der Waals surface area (Å²) in [6.45, 7) is 4.17. The fourth-order valence-electron chi connectivity index (χ4n) is 1.38. The lowest BCUT2D eigenvalue weighted by atomic mass is 10.1. The van der Waals surface area contributed by atoms with Gasteiger partial charge in [-0.2, -0.15) is 0 Å². The summed E-state index contributed by atoms with van der Waals surface area (Å²) >= 11 is 0. The highest BCUT2D eigenvalue weighted by atomic mass is 14.8. The highest BCUT2D eigenvalue weighted by molar-refractivity contribution is 5.52. The van der Waals surface area contributed by atoms with E-state index in [1.807, 2.05) is 7.05 Å². The molecule has 13 heavy (non-hydrogen) atoms. The molecule has 1 aromatic rings. The van der Waals surface area contributed by atoms with Crippen LogP contribution in [-0.2, 0) is 6.42 Å². The van der Waals surface area contributed by atoms with Crippen molar-refractivity contribution >= 4 is 5.69 Å². The van der Waals surface area contributed by atoms with Crippen molar-refractivity contribution in [3.05, 3.63) is 41.5 Å². The smallest absolute Gasteiger partial charge is 0.0373 e. The molecule has 0 spiro atoms. The summed E-state index contributed by atoms with van der Waals surface area (Å²) in [6, 6.07) is 6.49. The zero-order valence-electron chi connectivity index (χ0n) is 8.59. The first kappa shape index (κ1) is 9.85. The van der Waals surface area contributed by atoms with Crippen LogP contribution in [0.4, 0.5) is 5.69 Å². The second-order valence-electron chi connectivity index (χ2n) is 3.18. The van der Waals surface area contributed by atoms with Gasteiger partial charge in [0.1, 0.15) is 0 Å². The quantitative estimate of drug-likeness (QED) is 0.696. The number of benzene rings is 1. The van der Waals surface area contributed by atoms with E-state index in [9.17, 15) is 0 Å². The largest absolute Gasteiger partial charge is 0.388 e. The molecule has 0 radical (unpaired) electrons. The molecule has 1 N–H and O–H groups in total. The first-order chi connectivity index (χ1) is 6.27. The maximum atomic E-state index is 3.20. The van der Waals surface area contributed by atoms with Crippen molar-refractivity contribution in [1.29, 1.82) is 0 Å². The fraction of sp³-hybridized carbons (Fsp3) is 0.333. The molecule has 0 saturated carbocycles. The Labute approximate surface area is 80.5 Å². The normalized spacial score (nSPS) is 10.7. The van der Waals surface area contributed by atoms with E-state index in [1.165, 1.54) is 16.8 Å². The summed E-state index contributed by atoms with van der Waals surface area (Å²) in [5, 5.41) is 3.20. The molecule has 0 aromatic heterocycles. The highest BCUT2D eigenvalue weighted by Gasteiger charge is 1.98. The van der Waals surface area contributed by atoms with Crippen LogP contribution in [0.2, 0.25) is 0 Å². The van der Waals surface area contributed by atoms with Crippen molar-refractivity contribution in [3.8, 4) is 0 Å². The number of hydrogen-bond donors (Lipinski definition) is 1. The number of hydrogen-bond acceptors (Lipinski definition) is 1. The first-order valence-corrected chi connectivity index (χ1v) is 4.66. The molecule has 0 heterocycles. The maximum Gasteiger partial charge on any atom is 0.0373 e. The Hall–Kier alpha value is -1.24. The van der Waals surface area contributed by atoms with Gasteiger partial charge in [0.15, 0.2) is 0 Å². The molecule has 1 nitrogen and oxygen atoms in total. The SMILES string of the molecule is C/C=C/Cc1cc(C)ccc1NC. The van der Waals surface area contributed by atoms with E-state index in [2.05, 4.69) is 49.5 Å². The van der Waals surface area contributed by atoms with E-state index in [0.717, 1.165) is 6.42 Å². The molecule has 0 aliphatic rings. The minimum atomic E-state index is 1.01. The number of nitrogens with one attached hydrogen (secondary N) is 1. The van der Waals surface area contributed by atoms with E-state index < -0.39 is 0 Å². The Morgan fingerprint density at radius 3 is 2.77 bits per heavy atom. The van der Waals surface area contributed by atoms with E-state index >= 15 is 0 Å². The topological polar surface area (TPSA) is 12.0 Å². The maximum absolute atomic E-state index is 3.20. The van der Waals surface area contributed by atoms with Gasteiger partial charge in [0.25, 0.3) is 0 Å². The minimum absolute atomic E-state index is 1.01. The molecule has 0 fully saturated rings. The number of anilines is 1. The molecule has 0 aliphatic heterocycles. The van der Waals surface area contributed by atoms with Crippen molar-refractivity contribution in [1.82, 2.24) is 0 Å². The van der Waals surface area contributed by atoms with Gasteiger partial charge in [0.2, 0.25) is 0 Å². The minimum Gasteiger partial charge on any atom is -0.388 e. The summed E-state index contributed by atoms with van der Waals surface area (Å²) in [6.07, 6.45) is 5.27. The summed E-state index contributed by atoms with van der Waals surface area (Å²) in [5.74, 6) is 0. The molecule has 0 unspecified atom stereocenters. The van der Waals surface area contributed by atoms with E-state index in [4.69, 9.17) is 0 Å². The van der Waals surface area contributed by atoms with Crippen LogP contribution in [0.1, 0.15) is 18.1 Å². The third-order valence-corrected chi connectivity index (χ3v) is 2.10. The Bertz CT molecular complexity index is 300. The second kappa shape index (κ2) is 4.70. The van der Waals surface area contributed by atoms with Crippen molar-refractivity contribution in [2.75, 3.05) is 12.4 Å². The summed E-state index contributed by atoms with van der Waals surface area (Å²) < 4.78 is 0. The number of allylic oxidation sites excluding steroid dienone is 2. The molecular weight excluding hydrogens is 158 g/mol. The summed E-state index contributed by atoms with van der Waals surface area (Å²) in [4.78, 5) is 0. The highest BCUT2D eigenvalue weighted by Crippen LogP contribution is 2.17. The number of aryl methyl sites for hydroxylation is 1. The van der Waals surface area contributed by atoms with Gasteiger partial charge < -0.3 is 5.32 Å². The zero-order valence-corrected chi connectivity index (χ0v) is 8.59. The zero-order chi connectivity index (χ0) is 9.68. The molecule has 1 aromatic carbocycles. The van der Waals surface area contributed by atoms with Crippen LogP contribution in [0, 0.1) is 6.92 Å². The summed E-state index contributed by atoms with van der Waals surface area (Å²) in [7, 11) is 1.96. The first-order valence-electron chi connectivity index (χ1n) is 4.66. The van der Waals surface area contributed by atoms with Crippen molar-refractivity contribution < 1.29 is 0 Å². The van der Waals surface area contributed by atoms with Gasteiger partial charge in [-0.3, -0.25) is 0 Å². The predicted octanol–water partition coefficient (Wildman–Crippen LogP) is 3.16. The number of rotatable bonds is 3. The van der Waals surface area contributed by atoms with Crippen LogP contribution in [-0.4, -0.2) is 7.05 Å². The Morgan fingerprint density at radius 2 is 2.15 bits per heavy atom. The van der Waals surface area contributed by atoms with Crippen molar-refractivity contribution in [2.45, 2.75) is 20.3 Å². The molecular formula is C12H17N. The van der Waals surface area contributed by atoms with Crippen molar-refractivity contribution in [2.24, 2.45) is 0 Å².